The molecule has 0 spiro atoms. The van der Waals surface area contributed by atoms with E-state index in [0.717, 1.165) is 4.90 Å². The Balaban J connectivity index is 1.71. The van der Waals surface area contributed by atoms with Gasteiger partial charge in [-0.15, -0.1) is 0 Å². The van der Waals surface area contributed by atoms with Gasteiger partial charge in [0.1, 0.15) is 6.54 Å². The number of para-hydroxylation sites is 1. The number of phenolic OH excluding ortho intramolecular Hbond substituents is 2. The molecule has 0 aromatic heterocycles. The quantitative estimate of drug-likeness (QED) is 0.564. The Kier molecular flexibility index (Phi) is 4.94. The molecule has 1 heterocycles. The second kappa shape index (κ2) is 7.32. The van der Waals surface area contributed by atoms with Crippen LogP contribution in [0.5, 0.6) is 11.5 Å². The summed E-state index contributed by atoms with van der Waals surface area (Å²) in [5.41, 5.74) is 1.01. The van der Waals surface area contributed by atoms with E-state index in [0.29, 0.717) is 23.0 Å². The van der Waals surface area contributed by atoms with E-state index in [2.05, 4.69) is 5.32 Å². The summed E-state index contributed by atoms with van der Waals surface area (Å²) in [6.07, 6.45) is 1.42. The van der Waals surface area contributed by atoms with E-state index in [4.69, 9.17) is 0 Å². The number of carbonyl (C=O) groups excluding carboxylic acids is 3. The number of nitrogens with one attached hydrogen (secondary N) is 1. The number of phenols is 2. The Hall–Kier alpha value is -3.26. The first kappa shape index (κ1) is 17.6. The maximum Gasteiger partial charge on any atom is 0.294 e. The first-order valence-electron chi connectivity index (χ1n) is 7.56. The van der Waals surface area contributed by atoms with Crippen molar-refractivity contribution in [3.8, 4) is 11.5 Å². The lowest BCUT2D eigenvalue weighted by molar-refractivity contribution is -0.127. The van der Waals surface area contributed by atoms with Crippen molar-refractivity contribution in [1.29, 1.82) is 0 Å². The van der Waals surface area contributed by atoms with Gasteiger partial charge in [-0.2, -0.15) is 0 Å². The number of aromatic hydroxyl groups is 2. The third kappa shape index (κ3) is 3.86. The Bertz CT molecular complexity index is 911. The minimum atomic E-state index is -0.587. The summed E-state index contributed by atoms with van der Waals surface area (Å²) < 4.78 is 0. The number of anilines is 1. The first-order chi connectivity index (χ1) is 12.4. The monoisotopic (exact) mass is 370 g/mol. The van der Waals surface area contributed by atoms with Crippen LogP contribution in [0.2, 0.25) is 0 Å². The van der Waals surface area contributed by atoms with Gasteiger partial charge in [-0.3, -0.25) is 19.3 Å². The van der Waals surface area contributed by atoms with Gasteiger partial charge < -0.3 is 15.5 Å². The van der Waals surface area contributed by atoms with E-state index >= 15 is 0 Å². The summed E-state index contributed by atoms with van der Waals surface area (Å²) in [6, 6.07) is 12.7. The third-order valence-electron chi connectivity index (χ3n) is 3.53. The molecule has 3 rings (SSSR count). The van der Waals surface area contributed by atoms with Gasteiger partial charge in [-0.25, -0.2) is 0 Å². The fraction of sp³-hybridized carbons (Fsp3) is 0.0556. The molecule has 2 aromatic rings. The molecule has 1 saturated heterocycles. The fourth-order valence-electron chi connectivity index (χ4n) is 2.28. The molecule has 26 heavy (non-hydrogen) atoms. The van der Waals surface area contributed by atoms with Gasteiger partial charge in [-0.05, 0) is 47.7 Å². The van der Waals surface area contributed by atoms with Crippen molar-refractivity contribution in [2.75, 3.05) is 11.9 Å². The Morgan fingerprint density at radius 2 is 1.81 bits per heavy atom. The van der Waals surface area contributed by atoms with Crippen LogP contribution in [0.3, 0.4) is 0 Å². The standard InChI is InChI=1S/C18H14N2O5S/c21-13-7-6-11(8-14(13)22)9-15-17(24)20(18(25)26-15)10-16(23)19-12-4-2-1-3-5-12/h1-9,21-22H,10H2,(H,19,23)/b15-9-. The Labute approximate surface area is 152 Å². The number of benzene rings is 2. The highest BCUT2D eigenvalue weighted by Gasteiger charge is 2.36. The highest BCUT2D eigenvalue weighted by molar-refractivity contribution is 8.18. The Morgan fingerprint density at radius 1 is 1.08 bits per heavy atom. The smallest absolute Gasteiger partial charge is 0.294 e. The van der Waals surface area contributed by atoms with Crippen LogP contribution in [-0.4, -0.2) is 38.7 Å². The van der Waals surface area contributed by atoms with Gasteiger partial charge in [0, 0.05) is 5.69 Å². The first-order valence-corrected chi connectivity index (χ1v) is 8.38. The molecule has 3 amide bonds. The van der Waals surface area contributed by atoms with Gasteiger partial charge in [0.2, 0.25) is 5.91 Å². The highest BCUT2D eigenvalue weighted by Crippen LogP contribution is 2.33. The summed E-state index contributed by atoms with van der Waals surface area (Å²) in [7, 11) is 0. The molecule has 1 aliphatic rings. The molecule has 0 atom stereocenters. The van der Waals surface area contributed by atoms with Gasteiger partial charge in [0.25, 0.3) is 11.1 Å². The molecule has 0 radical (unpaired) electrons. The number of imide groups is 1. The fourth-order valence-corrected chi connectivity index (χ4v) is 3.12. The maximum atomic E-state index is 12.4. The molecular formula is C18H14N2O5S. The molecule has 0 saturated carbocycles. The van der Waals surface area contributed by atoms with Crippen molar-refractivity contribution in [3.05, 3.63) is 59.0 Å². The lowest BCUT2D eigenvalue weighted by atomic mass is 10.2. The topological polar surface area (TPSA) is 107 Å². The van der Waals surface area contributed by atoms with Crippen molar-refractivity contribution in [3.63, 3.8) is 0 Å². The lowest BCUT2D eigenvalue weighted by Crippen LogP contribution is -2.36. The second-order valence-electron chi connectivity index (χ2n) is 5.43. The van der Waals surface area contributed by atoms with Gasteiger partial charge in [-0.1, -0.05) is 24.3 Å². The summed E-state index contributed by atoms with van der Waals surface area (Å²) in [6.45, 7) is -0.391. The van der Waals surface area contributed by atoms with Crippen LogP contribution in [0.4, 0.5) is 10.5 Å². The van der Waals surface area contributed by atoms with Gasteiger partial charge in [0.05, 0.1) is 4.91 Å². The lowest BCUT2D eigenvalue weighted by Gasteiger charge is -2.12. The SMILES string of the molecule is O=C(CN1C(=O)S/C(=C\c2ccc(O)c(O)c2)C1=O)Nc1ccccc1. The van der Waals surface area contributed by atoms with Crippen LogP contribution in [0.15, 0.2) is 53.4 Å². The Morgan fingerprint density at radius 3 is 2.50 bits per heavy atom. The van der Waals surface area contributed by atoms with Crippen molar-refractivity contribution in [1.82, 2.24) is 4.90 Å². The van der Waals surface area contributed by atoms with E-state index in [-0.39, 0.29) is 16.4 Å². The molecular weight excluding hydrogens is 356 g/mol. The third-order valence-corrected chi connectivity index (χ3v) is 4.44. The molecule has 1 aliphatic heterocycles. The van der Waals surface area contributed by atoms with Crippen LogP contribution in [-0.2, 0) is 9.59 Å². The minimum absolute atomic E-state index is 0.132. The van der Waals surface area contributed by atoms with Crippen LogP contribution in [0.25, 0.3) is 6.08 Å². The highest BCUT2D eigenvalue weighted by atomic mass is 32.2. The normalized spacial score (nSPS) is 15.5. The van der Waals surface area contributed by atoms with Crippen LogP contribution in [0.1, 0.15) is 5.56 Å². The number of carbonyl (C=O) groups is 3. The maximum absolute atomic E-state index is 12.4. The number of hydrogen-bond acceptors (Lipinski definition) is 6. The van der Waals surface area contributed by atoms with Crippen molar-refractivity contribution < 1.29 is 24.6 Å². The van der Waals surface area contributed by atoms with Crippen molar-refractivity contribution >= 4 is 40.6 Å². The van der Waals surface area contributed by atoms with Crippen molar-refractivity contribution in [2.24, 2.45) is 0 Å². The van der Waals surface area contributed by atoms with Crippen LogP contribution >= 0.6 is 11.8 Å². The number of thioether (sulfide) groups is 1. The average Bonchev–Trinajstić information content (AvgIpc) is 2.86. The van der Waals surface area contributed by atoms with E-state index in [1.807, 2.05) is 0 Å². The zero-order chi connectivity index (χ0) is 18.7. The molecule has 2 aromatic carbocycles. The van der Waals surface area contributed by atoms with Gasteiger partial charge >= 0.3 is 0 Å². The molecule has 0 bridgehead atoms. The zero-order valence-electron chi connectivity index (χ0n) is 13.4. The molecule has 0 aliphatic carbocycles. The largest absolute Gasteiger partial charge is 0.504 e. The second-order valence-corrected chi connectivity index (χ2v) is 6.42. The van der Waals surface area contributed by atoms with Crippen LogP contribution < -0.4 is 5.32 Å². The predicted octanol–water partition coefficient (Wildman–Crippen LogP) is 2.77. The minimum Gasteiger partial charge on any atom is -0.504 e. The predicted molar refractivity (Wildman–Crippen MR) is 97.5 cm³/mol. The summed E-state index contributed by atoms with van der Waals surface area (Å²) in [5, 5.41) is 20.9. The zero-order valence-corrected chi connectivity index (χ0v) is 14.2. The number of hydrogen-bond donors (Lipinski definition) is 3. The van der Waals surface area contributed by atoms with Crippen molar-refractivity contribution in [2.45, 2.75) is 0 Å². The summed E-state index contributed by atoms with van der Waals surface area (Å²) >= 11 is 0.709. The summed E-state index contributed by atoms with van der Waals surface area (Å²) in [4.78, 5) is 37.5. The van der Waals surface area contributed by atoms with Gasteiger partial charge in [0.15, 0.2) is 11.5 Å². The van der Waals surface area contributed by atoms with E-state index in [1.165, 1.54) is 24.3 Å². The molecule has 132 valence electrons. The molecule has 1 fully saturated rings. The van der Waals surface area contributed by atoms with E-state index in [1.54, 1.807) is 30.3 Å². The number of nitrogens with zero attached hydrogens (tertiary/aromatic N) is 1. The number of amides is 3. The van der Waals surface area contributed by atoms with E-state index < -0.39 is 23.6 Å². The summed E-state index contributed by atoms with van der Waals surface area (Å²) in [5.74, 6) is -1.69. The average molecular weight is 370 g/mol. The van der Waals surface area contributed by atoms with Crippen LogP contribution in [0, 0.1) is 0 Å². The molecule has 3 N–H and O–H groups in total. The molecule has 0 unspecified atom stereocenters. The van der Waals surface area contributed by atoms with E-state index in [9.17, 15) is 24.6 Å². The molecule has 8 heteroatoms. The number of rotatable bonds is 4. The molecule has 7 nitrogen and oxygen atoms in total.